The highest BCUT2D eigenvalue weighted by Crippen LogP contribution is 2.67. The molecule has 0 unspecified atom stereocenters. The Bertz CT molecular complexity index is 2640. The first-order valence-electron chi connectivity index (χ1n) is 20.6. The van der Waals surface area contributed by atoms with Crippen molar-refractivity contribution in [2.24, 2.45) is 10.8 Å². The average Bonchev–Trinajstić information content (AvgIpc) is 3.50. The van der Waals surface area contributed by atoms with Crippen molar-refractivity contribution in [2.75, 3.05) is 28.4 Å². The summed E-state index contributed by atoms with van der Waals surface area (Å²) in [5, 5.41) is 12.3. The summed E-state index contributed by atoms with van der Waals surface area (Å²) in [6.07, 6.45) is 7.37. The van der Waals surface area contributed by atoms with Crippen LogP contribution in [0.15, 0.2) is 109 Å². The highest BCUT2D eigenvalue weighted by molar-refractivity contribution is 6.10. The lowest BCUT2D eigenvalue weighted by Gasteiger charge is -2.52. The zero-order chi connectivity index (χ0) is 42.2. The fraction of sp³-hybridized carbons (Fsp3) is 0.302. The van der Waals surface area contributed by atoms with Gasteiger partial charge in [0.15, 0.2) is 5.60 Å². The van der Waals surface area contributed by atoms with Gasteiger partial charge in [-0.25, -0.2) is 0 Å². The van der Waals surface area contributed by atoms with E-state index < -0.39 is 11.6 Å². The smallest absolute Gasteiger partial charge is 0.307 e. The van der Waals surface area contributed by atoms with E-state index in [-0.39, 0.29) is 22.7 Å². The third kappa shape index (κ3) is 6.20. The Morgan fingerprint density at radius 3 is 1.83 bits per heavy atom. The molecule has 1 heterocycles. The third-order valence-electron chi connectivity index (χ3n) is 13.1. The fourth-order valence-corrected chi connectivity index (χ4v) is 11.5. The van der Waals surface area contributed by atoms with Crippen LogP contribution in [0, 0.1) is 10.8 Å². The maximum atomic E-state index is 12.8. The minimum Gasteiger partial charge on any atom is -0.497 e. The van der Waals surface area contributed by atoms with Crippen LogP contribution in [0.1, 0.15) is 80.3 Å². The number of fused-ring (bicyclic) bond motifs is 10. The molecule has 1 aliphatic heterocycles. The van der Waals surface area contributed by atoms with Gasteiger partial charge in [-0.2, -0.15) is 0 Å². The van der Waals surface area contributed by atoms with Crippen molar-refractivity contribution in [3.8, 4) is 51.0 Å². The molecule has 0 atom stereocenters. The van der Waals surface area contributed by atoms with Crippen LogP contribution >= 0.6 is 0 Å². The van der Waals surface area contributed by atoms with Crippen molar-refractivity contribution < 1.29 is 33.6 Å². The van der Waals surface area contributed by atoms with Gasteiger partial charge in [0.25, 0.3) is 0 Å². The molecule has 9 rings (SSSR count). The summed E-state index contributed by atoms with van der Waals surface area (Å²) < 4.78 is 30.5. The number of rotatable bonds is 9. The highest BCUT2D eigenvalue weighted by Gasteiger charge is 2.55. The Hall–Kier alpha value is -6.21. The monoisotopic (exact) mass is 800 g/mol. The first-order chi connectivity index (χ1) is 28.7. The number of hydrogen-bond acceptors (Lipinski definition) is 6. The van der Waals surface area contributed by atoms with Crippen LogP contribution in [0.5, 0.6) is 28.7 Å². The summed E-state index contributed by atoms with van der Waals surface area (Å²) in [6.45, 7) is 9.64. The second-order valence-corrected chi connectivity index (χ2v) is 18.3. The lowest BCUT2D eigenvalue weighted by Crippen LogP contribution is -2.44. The molecule has 0 amide bonds. The second kappa shape index (κ2) is 14.2. The van der Waals surface area contributed by atoms with E-state index in [2.05, 4.69) is 101 Å². The quantitative estimate of drug-likeness (QED) is 0.156. The van der Waals surface area contributed by atoms with Crippen molar-refractivity contribution in [1.29, 1.82) is 0 Å². The Labute approximate surface area is 352 Å². The van der Waals surface area contributed by atoms with Gasteiger partial charge in [-0.3, -0.25) is 4.79 Å². The number of carboxylic acids is 1. The summed E-state index contributed by atoms with van der Waals surface area (Å²) >= 11 is 0. The molecule has 6 aromatic rings. The Kier molecular flexibility index (Phi) is 9.30. The molecular weight excluding hydrogens is 749 g/mol. The van der Waals surface area contributed by atoms with Gasteiger partial charge in [-0.1, -0.05) is 82.3 Å². The van der Waals surface area contributed by atoms with Crippen molar-refractivity contribution >= 4 is 22.8 Å². The van der Waals surface area contributed by atoms with Crippen LogP contribution in [-0.4, -0.2) is 39.5 Å². The molecule has 60 heavy (non-hydrogen) atoms. The predicted molar refractivity (Wildman–Crippen MR) is 238 cm³/mol. The van der Waals surface area contributed by atoms with Gasteiger partial charge >= 0.3 is 5.97 Å². The van der Waals surface area contributed by atoms with Gasteiger partial charge in [-0.05, 0) is 123 Å². The molecule has 0 aromatic heterocycles. The summed E-state index contributed by atoms with van der Waals surface area (Å²) in [7, 11) is 6.59. The average molecular weight is 801 g/mol. The van der Waals surface area contributed by atoms with E-state index in [1.807, 2.05) is 42.5 Å². The lowest BCUT2D eigenvalue weighted by atomic mass is 9.52. The zero-order valence-electron chi connectivity index (χ0n) is 35.7. The molecular formula is C53H52O7. The largest absolute Gasteiger partial charge is 0.497 e. The van der Waals surface area contributed by atoms with Gasteiger partial charge in [0, 0.05) is 39.1 Å². The summed E-state index contributed by atoms with van der Waals surface area (Å²) in [5.74, 6) is 2.56. The van der Waals surface area contributed by atoms with E-state index >= 15 is 0 Å². The Morgan fingerprint density at radius 1 is 0.650 bits per heavy atom. The Balaban J connectivity index is 1.43. The van der Waals surface area contributed by atoms with E-state index in [0.717, 1.165) is 80.7 Å². The Morgan fingerprint density at radius 2 is 1.25 bits per heavy atom. The van der Waals surface area contributed by atoms with Crippen molar-refractivity contribution in [3.63, 3.8) is 0 Å². The topological polar surface area (TPSA) is 83.5 Å². The number of ether oxygens (including phenoxy) is 5. The van der Waals surface area contributed by atoms with Gasteiger partial charge in [0.1, 0.15) is 28.7 Å². The summed E-state index contributed by atoms with van der Waals surface area (Å²) in [6, 6.07) is 34.9. The van der Waals surface area contributed by atoms with Crippen LogP contribution < -0.4 is 23.7 Å². The van der Waals surface area contributed by atoms with Gasteiger partial charge in [-0.15, -0.1) is 0 Å². The predicted octanol–water partition coefficient (Wildman–Crippen LogP) is 12.0. The zero-order valence-corrected chi connectivity index (χ0v) is 35.7. The van der Waals surface area contributed by atoms with Gasteiger partial charge in [0.05, 0.1) is 34.9 Å². The molecule has 0 radical (unpaired) electrons. The highest BCUT2D eigenvalue weighted by atomic mass is 16.5. The van der Waals surface area contributed by atoms with Crippen LogP contribution in [0.4, 0.5) is 0 Å². The maximum Gasteiger partial charge on any atom is 0.307 e. The number of methoxy groups -OCH3 is 4. The number of carbonyl (C=O) groups is 1. The molecule has 1 saturated carbocycles. The first-order valence-corrected chi connectivity index (χ1v) is 20.6. The van der Waals surface area contributed by atoms with Crippen LogP contribution in [0.25, 0.3) is 39.1 Å². The summed E-state index contributed by atoms with van der Waals surface area (Å²) in [5.41, 5.74) is 8.77. The van der Waals surface area contributed by atoms with E-state index in [0.29, 0.717) is 17.1 Å². The first kappa shape index (κ1) is 39.3. The third-order valence-corrected chi connectivity index (χ3v) is 13.1. The fourth-order valence-electron chi connectivity index (χ4n) is 11.5. The molecule has 3 aliphatic rings. The van der Waals surface area contributed by atoms with E-state index in [1.165, 1.54) is 16.7 Å². The molecule has 7 nitrogen and oxygen atoms in total. The summed E-state index contributed by atoms with van der Waals surface area (Å²) in [4.78, 5) is 12.8. The minimum atomic E-state index is -1.05. The molecule has 0 saturated heterocycles. The molecule has 1 fully saturated rings. The normalized spacial score (nSPS) is 17.3. The van der Waals surface area contributed by atoms with Gasteiger partial charge in [0.2, 0.25) is 0 Å². The molecule has 2 aliphatic carbocycles. The molecule has 6 aromatic carbocycles. The molecule has 7 heteroatoms. The van der Waals surface area contributed by atoms with E-state index in [1.54, 1.807) is 28.4 Å². The SMILES string of the molecule is COc1ccc(C2(c3ccc(OC)cc3)C=Cc3c4c(c5cc(CC(=O)O)c(-c6ccc(OC)cc6OC)cc5c3O2)-c2ccccc2C42CC(C)(C)CC(C)(C)C2)cc1. The lowest BCUT2D eigenvalue weighted by molar-refractivity contribution is -0.136. The molecule has 1 spiro atoms. The number of hydrogen-bond donors (Lipinski definition) is 1. The van der Waals surface area contributed by atoms with E-state index in [4.69, 9.17) is 23.7 Å². The van der Waals surface area contributed by atoms with Gasteiger partial charge < -0.3 is 28.8 Å². The molecule has 1 N–H and O–H groups in total. The number of aliphatic carboxylic acids is 1. The molecule has 0 bridgehead atoms. The van der Waals surface area contributed by atoms with Crippen LogP contribution in [0.3, 0.4) is 0 Å². The van der Waals surface area contributed by atoms with Crippen molar-refractivity contribution in [2.45, 2.75) is 64.4 Å². The maximum absolute atomic E-state index is 12.8. The van der Waals surface area contributed by atoms with Crippen LogP contribution in [0.2, 0.25) is 0 Å². The van der Waals surface area contributed by atoms with E-state index in [9.17, 15) is 9.90 Å². The molecule has 306 valence electrons. The minimum absolute atomic E-state index is 0.0384. The standard InChI is InChI=1S/C53H52O7/c1-50(2)29-51(3,4)31-52(30-50)44-12-10-9-11-39(44)47-42-25-32(26-46(54)55)41(38-22-21-37(58-7)27-45(38)59-8)28-43(42)49-40(48(47)52)23-24-53(60-49,33-13-17-35(56-5)18-14-33)34-15-19-36(57-6)20-16-34/h9-25,27-28H,26,29-31H2,1-8H3,(H,54,55). The van der Waals surface area contributed by atoms with Crippen molar-refractivity contribution in [3.05, 3.63) is 143 Å². The number of carboxylic acid groups (broad SMARTS) is 1. The van der Waals surface area contributed by atoms with Crippen LogP contribution in [-0.2, 0) is 22.2 Å². The van der Waals surface area contributed by atoms with Crippen molar-refractivity contribution in [1.82, 2.24) is 0 Å². The number of benzene rings is 6. The second-order valence-electron chi connectivity index (χ2n) is 18.3.